The first-order valence-electron chi connectivity index (χ1n) is 13.8. The first-order chi connectivity index (χ1) is 20.6. The number of pyridine rings is 1. The molecular weight excluding hydrogens is 575 g/mol. The number of rotatable bonds is 6. The predicted octanol–water partition coefficient (Wildman–Crippen LogP) is 7.57. The van der Waals surface area contributed by atoms with Crippen molar-refractivity contribution in [2.45, 2.75) is 26.1 Å². The summed E-state index contributed by atoms with van der Waals surface area (Å²) in [7, 11) is 0. The van der Waals surface area contributed by atoms with E-state index >= 15 is 0 Å². The highest BCUT2D eigenvalue weighted by molar-refractivity contribution is 6.31. The van der Waals surface area contributed by atoms with Gasteiger partial charge in [0.05, 0.1) is 34.6 Å². The molecule has 2 heterocycles. The molecule has 3 aromatic carbocycles. The minimum Gasteiger partial charge on any atom is -0.355 e. The summed E-state index contributed by atoms with van der Waals surface area (Å²) in [5.74, 6) is 0.332. The Labute approximate surface area is 253 Å². The molecule has 5 rings (SSSR count). The Bertz CT molecular complexity index is 1650. The van der Waals surface area contributed by atoms with Crippen LogP contribution in [0.1, 0.15) is 39.0 Å². The molecule has 43 heavy (non-hydrogen) atoms. The molecule has 1 aromatic heterocycles. The number of carbonyl (C=O) groups is 1. The number of amides is 1. The lowest BCUT2D eigenvalue weighted by molar-refractivity contribution is -0.137. The molecule has 0 unspecified atom stereocenters. The maximum Gasteiger partial charge on any atom is 0.416 e. The van der Waals surface area contributed by atoms with Crippen LogP contribution in [0.2, 0.25) is 5.02 Å². The molecule has 1 aliphatic heterocycles. The van der Waals surface area contributed by atoms with Crippen LogP contribution in [0.3, 0.4) is 0 Å². The molecule has 6 nitrogen and oxygen atoms in total. The molecule has 0 spiro atoms. The zero-order valence-electron chi connectivity index (χ0n) is 23.5. The van der Waals surface area contributed by atoms with E-state index in [4.69, 9.17) is 11.6 Å². The van der Waals surface area contributed by atoms with E-state index < -0.39 is 17.6 Å². The van der Waals surface area contributed by atoms with Crippen LogP contribution < -0.4 is 10.2 Å². The zero-order valence-corrected chi connectivity index (χ0v) is 24.2. The third kappa shape index (κ3) is 7.16. The van der Waals surface area contributed by atoms with Crippen LogP contribution >= 0.6 is 11.6 Å². The highest BCUT2D eigenvalue weighted by Crippen LogP contribution is 2.32. The largest absolute Gasteiger partial charge is 0.416 e. The van der Waals surface area contributed by atoms with Crippen LogP contribution in [0, 0.1) is 18.3 Å². The second-order valence-corrected chi connectivity index (χ2v) is 10.9. The smallest absolute Gasteiger partial charge is 0.355 e. The van der Waals surface area contributed by atoms with Crippen molar-refractivity contribution in [1.82, 2.24) is 9.88 Å². The van der Waals surface area contributed by atoms with Gasteiger partial charge in [0.25, 0.3) is 5.91 Å². The number of hydrogen-bond donors (Lipinski definition) is 1. The lowest BCUT2D eigenvalue weighted by Crippen LogP contribution is -2.31. The Morgan fingerprint density at radius 2 is 1.81 bits per heavy atom. The van der Waals surface area contributed by atoms with E-state index in [1.165, 1.54) is 6.07 Å². The van der Waals surface area contributed by atoms with E-state index in [1.54, 1.807) is 24.4 Å². The van der Waals surface area contributed by atoms with Crippen LogP contribution in [-0.2, 0) is 12.7 Å². The van der Waals surface area contributed by atoms with Crippen LogP contribution in [0.4, 0.5) is 24.7 Å². The van der Waals surface area contributed by atoms with Gasteiger partial charge in [-0.15, -0.1) is 0 Å². The summed E-state index contributed by atoms with van der Waals surface area (Å²) in [6.45, 7) is 4.93. The number of aromatic nitrogens is 1. The quantitative estimate of drug-likeness (QED) is 0.246. The fourth-order valence-corrected chi connectivity index (χ4v) is 5.41. The van der Waals surface area contributed by atoms with Crippen molar-refractivity contribution in [3.8, 4) is 17.2 Å². The van der Waals surface area contributed by atoms with Crippen molar-refractivity contribution in [1.29, 1.82) is 5.26 Å². The summed E-state index contributed by atoms with van der Waals surface area (Å²) >= 11 is 6.22. The first-order valence-corrected chi connectivity index (χ1v) is 14.2. The highest BCUT2D eigenvalue weighted by Gasteiger charge is 2.31. The molecule has 0 saturated carbocycles. The molecule has 0 radical (unpaired) electrons. The highest BCUT2D eigenvalue weighted by atomic mass is 35.5. The van der Waals surface area contributed by atoms with Gasteiger partial charge in [-0.25, -0.2) is 4.98 Å². The molecule has 4 aromatic rings. The lowest BCUT2D eigenvalue weighted by atomic mass is 9.94. The second kappa shape index (κ2) is 12.9. The number of carbonyl (C=O) groups excluding carboxylic acids is 1. The Morgan fingerprint density at radius 3 is 2.51 bits per heavy atom. The average Bonchev–Trinajstić information content (AvgIpc) is 3.24. The number of nitrogens with one attached hydrogen (secondary N) is 1. The third-order valence-electron chi connectivity index (χ3n) is 7.50. The van der Waals surface area contributed by atoms with E-state index in [0.717, 1.165) is 47.6 Å². The molecule has 0 aliphatic carbocycles. The SMILES string of the molecule is Cc1cc(C#N)c(C(=O)Nc2ccc(N3CCCN(Cc4cc(C(F)(F)F)ccc4Cl)CC3)nc2)cc1-c1ccccc1. The molecule has 1 aliphatic rings. The normalized spacial score (nSPS) is 14.2. The summed E-state index contributed by atoms with van der Waals surface area (Å²) in [6, 6.07) is 22.3. The fourth-order valence-electron chi connectivity index (χ4n) is 5.23. The number of alkyl halides is 3. The van der Waals surface area contributed by atoms with Crippen LogP contribution in [-0.4, -0.2) is 42.0 Å². The molecule has 1 fully saturated rings. The number of benzene rings is 3. The number of aryl methyl sites for hydroxylation is 1. The number of nitriles is 1. The molecule has 10 heteroatoms. The monoisotopic (exact) mass is 603 g/mol. The van der Waals surface area contributed by atoms with Crippen molar-refractivity contribution >= 4 is 29.0 Å². The summed E-state index contributed by atoms with van der Waals surface area (Å²) in [5.41, 5.74) is 3.55. The molecule has 1 N–H and O–H groups in total. The van der Waals surface area contributed by atoms with Crippen molar-refractivity contribution in [3.05, 3.63) is 112 Å². The molecular formula is C33H29ClF3N5O. The Kier molecular flexibility index (Phi) is 9.00. The van der Waals surface area contributed by atoms with E-state index in [1.807, 2.05) is 43.3 Å². The minimum atomic E-state index is -4.42. The third-order valence-corrected chi connectivity index (χ3v) is 7.87. The minimum absolute atomic E-state index is 0.282. The first kappa shape index (κ1) is 30.1. The molecule has 0 bridgehead atoms. The van der Waals surface area contributed by atoms with Gasteiger partial charge in [0.1, 0.15) is 5.82 Å². The summed E-state index contributed by atoms with van der Waals surface area (Å²) in [6.07, 6.45) is -2.04. The van der Waals surface area contributed by atoms with Gasteiger partial charge in [-0.1, -0.05) is 41.9 Å². The van der Waals surface area contributed by atoms with Gasteiger partial charge in [-0.05, 0) is 78.1 Å². The number of nitrogens with zero attached hydrogens (tertiary/aromatic N) is 4. The van der Waals surface area contributed by atoms with Crippen LogP contribution in [0.25, 0.3) is 11.1 Å². The number of anilines is 2. The van der Waals surface area contributed by atoms with E-state index in [2.05, 4.69) is 26.2 Å². The lowest BCUT2D eigenvalue weighted by Gasteiger charge is -2.23. The Hall–Kier alpha value is -4.39. The standard InChI is InChI=1S/C33H29ClF3N5O/c1-22-16-24(19-38)29(18-28(22)23-6-3-2-4-7-23)32(43)40-27-9-11-31(39-20-27)42-13-5-12-41(14-15-42)21-25-17-26(33(35,36)37)8-10-30(25)34/h2-4,6-11,16-18,20H,5,12-15,21H2,1H3,(H,40,43). The molecule has 0 atom stereocenters. The van der Waals surface area contributed by atoms with Gasteiger partial charge in [-0.3, -0.25) is 9.69 Å². The van der Waals surface area contributed by atoms with Gasteiger partial charge in [0.2, 0.25) is 0 Å². The van der Waals surface area contributed by atoms with E-state index in [0.29, 0.717) is 48.0 Å². The van der Waals surface area contributed by atoms with Gasteiger partial charge < -0.3 is 10.2 Å². The Morgan fingerprint density at radius 1 is 1.02 bits per heavy atom. The molecule has 220 valence electrons. The zero-order chi connectivity index (χ0) is 30.6. The molecule has 1 saturated heterocycles. The van der Waals surface area contributed by atoms with E-state index in [9.17, 15) is 23.2 Å². The van der Waals surface area contributed by atoms with Crippen molar-refractivity contribution in [3.63, 3.8) is 0 Å². The van der Waals surface area contributed by atoms with E-state index in [-0.39, 0.29) is 5.56 Å². The summed E-state index contributed by atoms with van der Waals surface area (Å²) in [4.78, 5) is 22.0. The van der Waals surface area contributed by atoms with Gasteiger partial charge >= 0.3 is 6.18 Å². The maximum atomic E-state index is 13.2. The van der Waals surface area contributed by atoms with Gasteiger partial charge in [-0.2, -0.15) is 18.4 Å². The van der Waals surface area contributed by atoms with Crippen LogP contribution in [0.5, 0.6) is 0 Å². The Balaban J connectivity index is 1.24. The second-order valence-electron chi connectivity index (χ2n) is 10.5. The number of hydrogen-bond acceptors (Lipinski definition) is 5. The fraction of sp³-hybridized carbons (Fsp3) is 0.242. The predicted molar refractivity (Wildman–Crippen MR) is 162 cm³/mol. The van der Waals surface area contributed by atoms with Crippen molar-refractivity contribution in [2.24, 2.45) is 0 Å². The topological polar surface area (TPSA) is 72.3 Å². The van der Waals surface area contributed by atoms with Crippen LogP contribution in [0.15, 0.2) is 79.0 Å². The summed E-state index contributed by atoms with van der Waals surface area (Å²) in [5, 5.41) is 12.9. The summed E-state index contributed by atoms with van der Waals surface area (Å²) < 4.78 is 39.6. The number of halogens is 4. The maximum absolute atomic E-state index is 13.2. The average molecular weight is 604 g/mol. The van der Waals surface area contributed by atoms with Gasteiger partial charge in [0.15, 0.2) is 0 Å². The van der Waals surface area contributed by atoms with Crippen molar-refractivity contribution in [2.75, 3.05) is 36.4 Å². The molecule has 1 amide bonds. The van der Waals surface area contributed by atoms with Crippen molar-refractivity contribution < 1.29 is 18.0 Å². The van der Waals surface area contributed by atoms with Gasteiger partial charge in [0, 0.05) is 37.7 Å².